The van der Waals surface area contributed by atoms with Gasteiger partial charge in [-0.05, 0) is 24.3 Å². The molecule has 1 aliphatic heterocycles. The molecule has 0 saturated heterocycles. The second-order valence-electron chi connectivity index (χ2n) is 4.56. The highest BCUT2D eigenvalue weighted by molar-refractivity contribution is 9.10. The standard InChI is InChI=1S/C15H13BrFNO3/c16-10-1-2-11(17)13(6-10)21-8-9-5-14-15(7-12(9)18)20-4-3-19-14/h1-2,5-7H,3-4,8,18H2. The lowest BCUT2D eigenvalue weighted by Gasteiger charge is -2.20. The predicted octanol–water partition coefficient (Wildman–Crippen LogP) is 3.52. The van der Waals surface area contributed by atoms with Gasteiger partial charge in [-0.1, -0.05) is 15.9 Å². The van der Waals surface area contributed by atoms with Crippen molar-refractivity contribution in [1.29, 1.82) is 0 Å². The van der Waals surface area contributed by atoms with E-state index in [-0.39, 0.29) is 12.4 Å². The third-order valence-corrected chi connectivity index (χ3v) is 3.57. The molecule has 2 aromatic carbocycles. The van der Waals surface area contributed by atoms with Crippen LogP contribution >= 0.6 is 15.9 Å². The predicted molar refractivity (Wildman–Crippen MR) is 80.3 cm³/mol. The van der Waals surface area contributed by atoms with Crippen LogP contribution in [0.25, 0.3) is 0 Å². The van der Waals surface area contributed by atoms with Crippen molar-refractivity contribution in [3.05, 3.63) is 46.2 Å². The second-order valence-corrected chi connectivity index (χ2v) is 5.47. The number of nitrogen functional groups attached to an aromatic ring is 1. The van der Waals surface area contributed by atoms with E-state index in [1.165, 1.54) is 6.07 Å². The number of nitrogens with two attached hydrogens (primary N) is 1. The molecule has 1 heterocycles. The van der Waals surface area contributed by atoms with E-state index in [0.717, 1.165) is 10.0 Å². The molecule has 0 radical (unpaired) electrons. The maximum absolute atomic E-state index is 13.6. The minimum absolute atomic E-state index is 0.149. The molecular formula is C15H13BrFNO3. The lowest BCUT2D eigenvalue weighted by atomic mass is 10.1. The number of anilines is 1. The molecule has 0 aromatic heterocycles. The molecule has 0 fully saturated rings. The Bertz CT molecular complexity index is 678. The molecule has 0 spiro atoms. The number of benzene rings is 2. The third kappa shape index (κ3) is 3.05. The molecule has 1 aliphatic rings. The largest absolute Gasteiger partial charge is 0.486 e. The molecule has 0 unspecified atom stereocenters. The molecule has 0 atom stereocenters. The number of rotatable bonds is 3. The van der Waals surface area contributed by atoms with Crippen LogP contribution in [0.5, 0.6) is 17.2 Å². The minimum atomic E-state index is -0.422. The van der Waals surface area contributed by atoms with E-state index in [2.05, 4.69) is 15.9 Å². The van der Waals surface area contributed by atoms with E-state index in [9.17, 15) is 4.39 Å². The summed E-state index contributed by atoms with van der Waals surface area (Å²) >= 11 is 3.28. The van der Waals surface area contributed by atoms with Crippen molar-refractivity contribution >= 4 is 21.6 Å². The summed E-state index contributed by atoms with van der Waals surface area (Å²) in [4.78, 5) is 0. The number of ether oxygens (including phenoxy) is 3. The van der Waals surface area contributed by atoms with E-state index in [1.807, 2.05) is 0 Å². The monoisotopic (exact) mass is 353 g/mol. The summed E-state index contributed by atoms with van der Waals surface area (Å²) < 4.78 is 30.8. The fourth-order valence-electron chi connectivity index (χ4n) is 2.01. The molecule has 0 amide bonds. The van der Waals surface area contributed by atoms with Crippen LogP contribution in [-0.4, -0.2) is 13.2 Å². The average Bonchev–Trinajstić information content (AvgIpc) is 2.48. The van der Waals surface area contributed by atoms with Crippen LogP contribution in [0.4, 0.5) is 10.1 Å². The van der Waals surface area contributed by atoms with Crippen molar-refractivity contribution in [3.63, 3.8) is 0 Å². The lowest BCUT2D eigenvalue weighted by molar-refractivity contribution is 0.171. The van der Waals surface area contributed by atoms with Crippen LogP contribution in [-0.2, 0) is 6.61 Å². The summed E-state index contributed by atoms with van der Waals surface area (Å²) in [6, 6.07) is 7.99. The van der Waals surface area contributed by atoms with Gasteiger partial charge < -0.3 is 19.9 Å². The summed E-state index contributed by atoms with van der Waals surface area (Å²) in [5.41, 5.74) is 7.20. The summed E-state index contributed by atoms with van der Waals surface area (Å²) in [7, 11) is 0. The zero-order chi connectivity index (χ0) is 14.8. The first-order chi connectivity index (χ1) is 10.1. The van der Waals surface area contributed by atoms with Crippen molar-refractivity contribution < 1.29 is 18.6 Å². The normalized spacial score (nSPS) is 13.0. The van der Waals surface area contributed by atoms with Gasteiger partial charge in [0, 0.05) is 21.8 Å². The Hall–Kier alpha value is -1.95. The van der Waals surface area contributed by atoms with Crippen molar-refractivity contribution in [2.24, 2.45) is 0 Å². The van der Waals surface area contributed by atoms with E-state index in [0.29, 0.717) is 30.4 Å². The van der Waals surface area contributed by atoms with Gasteiger partial charge in [-0.3, -0.25) is 0 Å². The molecule has 2 N–H and O–H groups in total. The second kappa shape index (κ2) is 5.81. The van der Waals surface area contributed by atoms with Crippen LogP contribution in [0, 0.1) is 5.82 Å². The molecule has 21 heavy (non-hydrogen) atoms. The first-order valence-electron chi connectivity index (χ1n) is 6.39. The van der Waals surface area contributed by atoms with Gasteiger partial charge in [0.1, 0.15) is 19.8 Å². The number of halogens is 2. The summed E-state index contributed by atoms with van der Waals surface area (Å²) in [6.07, 6.45) is 0. The van der Waals surface area contributed by atoms with Crippen molar-refractivity contribution in [2.75, 3.05) is 18.9 Å². The Labute approximate surface area is 129 Å². The van der Waals surface area contributed by atoms with Gasteiger partial charge in [0.2, 0.25) is 0 Å². The fourth-order valence-corrected chi connectivity index (χ4v) is 2.36. The molecule has 3 rings (SSSR count). The quantitative estimate of drug-likeness (QED) is 0.857. The first-order valence-corrected chi connectivity index (χ1v) is 7.18. The Kier molecular flexibility index (Phi) is 3.88. The third-order valence-electron chi connectivity index (χ3n) is 3.08. The minimum Gasteiger partial charge on any atom is -0.486 e. The Morgan fingerprint density at radius 1 is 1.14 bits per heavy atom. The van der Waals surface area contributed by atoms with Gasteiger partial charge in [0.15, 0.2) is 23.1 Å². The van der Waals surface area contributed by atoms with E-state index in [1.54, 1.807) is 24.3 Å². The highest BCUT2D eigenvalue weighted by atomic mass is 79.9. The van der Waals surface area contributed by atoms with Crippen molar-refractivity contribution in [2.45, 2.75) is 6.61 Å². The maximum Gasteiger partial charge on any atom is 0.165 e. The van der Waals surface area contributed by atoms with Crippen LogP contribution in [0.3, 0.4) is 0 Å². The Morgan fingerprint density at radius 3 is 2.62 bits per heavy atom. The topological polar surface area (TPSA) is 53.7 Å². The molecule has 4 nitrogen and oxygen atoms in total. The SMILES string of the molecule is Nc1cc2c(cc1COc1cc(Br)ccc1F)OCCO2. The van der Waals surface area contributed by atoms with Crippen LogP contribution in [0.15, 0.2) is 34.8 Å². The number of fused-ring (bicyclic) bond motifs is 1. The van der Waals surface area contributed by atoms with E-state index < -0.39 is 5.82 Å². The van der Waals surface area contributed by atoms with Crippen LogP contribution in [0.2, 0.25) is 0 Å². The van der Waals surface area contributed by atoms with Crippen LogP contribution < -0.4 is 19.9 Å². The van der Waals surface area contributed by atoms with Gasteiger partial charge in [-0.15, -0.1) is 0 Å². The average molecular weight is 354 g/mol. The Morgan fingerprint density at radius 2 is 1.86 bits per heavy atom. The molecule has 0 saturated carbocycles. The molecule has 110 valence electrons. The van der Waals surface area contributed by atoms with Gasteiger partial charge in [-0.2, -0.15) is 0 Å². The first kappa shape index (κ1) is 14.0. The van der Waals surface area contributed by atoms with Gasteiger partial charge >= 0.3 is 0 Å². The maximum atomic E-state index is 13.6. The Balaban J connectivity index is 1.80. The number of hydrogen-bond donors (Lipinski definition) is 1. The molecule has 6 heteroatoms. The molecular weight excluding hydrogens is 341 g/mol. The molecule has 0 aliphatic carbocycles. The van der Waals surface area contributed by atoms with Gasteiger partial charge in [0.05, 0.1) is 0 Å². The smallest absolute Gasteiger partial charge is 0.165 e. The summed E-state index contributed by atoms with van der Waals surface area (Å²) in [6.45, 7) is 1.15. The zero-order valence-corrected chi connectivity index (χ0v) is 12.7. The fraction of sp³-hybridized carbons (Fsp3) is 0.200. The van der Waals surface area contributed by atoms with E-state index in [4.69, 9.17) is 19.9 Å². The highest BCUT2D eigenvalue weighted by Gasteiger charge is 2.15. The highest BCUT2D eigenvalue weighted by Crippen LogP contribution is 2.35. The lowest BCUT2D eigenvalue weighted by Crippen LogP contribution is -2.16. The van der Waals surface area contributed by atoms with Crippen LogP contribution in [0.1, 0.15) is 5.56 Å². The summed E-state index contributed by atoms with van der Waals surface area (Å²) in [5, 5.41) is 0. The molecule has 2 aromatic rings. The zero-order valence-electron chi connectivity index (χ0n) is 11.1. The van der Waals surface area contributed by atoms with Crippen molar-refractivity contribution in [1.82, 2.24) is 0 Å². The molecule has 0 bridgehead atoms. The van der Waals surface area contributed by atoms with Crippen molar-refractivity contribution in [3.8, 4) is 17.2 Å². The number of hydrogen-bond acceptors (Lipinski definition) is 4. The van der Waals surface area contributed by atoms with Gasteiger partial charge in [0.25, 0.3) is 0 Å². The van der Waals surface area contributed by atoms with E-state index >= 15 is 0 Å². The summed E-state index contributed by atoms with van der Waals surface area (Å²) in [5.74, 6) is 0.993. The van der Waals surface area contributed by atoms with Gasteiger partial charge in [-0.25, -0.2) is 4.39 Å².